The van der Waals surface area contributed by atoms with Crippen LogP contribution in [0.5, 0.6) is 17.2 Å². The summed E-state index contributed by atoms with van der Waals surface area (Å²) in [4.78, 5) is -2.12. The van der Waals surface area contributed by atoms with Gasteiger partial charge < -0.3 is 9.47 Å². The normalized spacial score (nSPS) is 12.7. The first kappa shape index (κ1) is 29.9. The summed E-state index contributed by atoms with van der Waals surface area (Å²) >= 11 is 0. The van der Waals surface area contributed by atoms with Crippen molar-refractivity contribution >= 4 is 10.1 Å². The minimum atomic E-state index is -5.58. The van der Waals surface area contributed by atoms with E-state index < -0.39 is 49.6 Å². The molecule has 0 bridgehead atoms. The van der Waals surface area contributed by atoms with E-state index in [9.17, 15) is 26.0 Å². The first-order valence-electron chi connectivity index (χ1n) is 11.9. The van der Waals surface area contributed by atoms with Gasteiger partial charge in [0.25, 0.3) is 0 Å². The van der Waals surface area contributed by atoms with Gasteiger partial charge in [-0.1, -0.05) is 55.4 Å². The highest BCUT2D eigenvalue weighted by Crippen LogP contribution is 2.44. The van der Waals surface area contributed by atoms with Crippen molar-refractivity contribution in [2.45, 2.75) is 90.6 Å². The van der Waals surface area contributed by atoms with E-state index in [1.165, 1.54) is 0 Å². The Labute approximate surface area is 210 Å². The maximum Gasteiger partial charge on any atom is 0.300 e. The van der Waals surface area contributed by atoms with Crippen molar-refractivity contribution in [2.75, 3.05) is 0 Å². The molecule has 0 saturated heterocycles. The van der Waals surface area contributed by atoms with E-state index in [-0.39, 0.29) is 23.5 Å². The number of rotatable bonds is 10. The molecule has 0 aromatic heterocycles. The van der Waals surface area contributed by atoms with Crippen LogP contribution in [0, 0.1) is 29.2 Å². The summed E-state index contributed by atoms with van der Waals surface area (Å²) in [6.45, 7) is 15.4. The predicted molar refractivity (Wildman–Crippen MR) is 130 cm³/mol. The van der Waals surface area contributed by atoms with Crippen LogP contribution in [0.15, 0.2) is 17.0 Å². The maximum absolute atomic E-state index is 14.8. The molecule has 1 N–H and O–H groups in total. The Balaban J connectivity index is 2.80. The van der Waals surface area contributed by atoms with E-state index >= 15 is 0 Å². The summed E-state index contributed by atoms with van der Waals surface area (Å²) < 4.78 is 102. The topological polar surface area (TPSA) is 72.8 Å². The lowest BCUT2D eigenvalue weighted by atomic mass is 9.84. The zero-order valence-electron chi connectivity index (χ0n) is 21.8. The molecule has 0 unspecified atom stereocenters. The van der Waals surface area contributed by atoms with Crippen LogP contribution in [0.2, 0.25) is 0 Å². The molecule has 0 aliphatic heterocycles. The molecule has 0 amide bonds. The highest BCUT2D eigenvalue weighted by atomic mass is 32.2. The van der Waals surface area contributed by atoms with Crippen molar-refractivity contribution in [2.24, 2.45) is 5.92 Å². The molecule has 0 heterocycles. The number of benzene rings is 2. The molecule has 2 aromatic rings. The van der Waals surface area contributed by atoms with Crippen LogP contribution in [0.3, 0.4) is 0 Å². The lowest BCUT2D eigenvalue weighted by Crippen LogP contribution is -2.40. The molecule has 5 nitrogen and oxygen atoms in total. The minimum absolute atomic E-state index is 0.0216. The third-order valence-electron chi connectivity index (χ3n) is 6.58. The lowest BCUT2D eigenvalue weighted by molar-refractivity contribution is 0.0140. The largest absolute Gasteiger partial charge is 0.487 e. The van der Waals surface area contributed by atoms with Gasteiger partial charge >= 0.3 is 10.1 Å². The van der Waals surface area contributed by atoms with E-state index in [2.05, 4.69) is 13.8 Å². The number of halogens is 4. The Kier molecular flexibility index (Phi) is 9.10. The average Bonchev–Trinajstić information content (AvgIpc) is 2.77. The van der Waals surface area contributed by atoms with Crippen LogP contribution < -0.4 is 9.47 Å². The van der Waals surface area contributed by atoms with Gasteiger partial charge in [0, 0.05) is 11.1 Å². The summed E-state index contributed by atoms with van der Waals surface area (Å²) in [5, 5.41) is 0. The average molecular weight is 535 g/mol. The fraction of sp³-hybridized carbons (Fsp3) is 0.538. The van der Waals surface area contributed by atoms with Gasteiger partial charge in [-0.3, -0.25) is 4.55 Å². The Morgan fingerprint density at radius 3 is 1.53 bits per heavy atom. The van der Waals surface area contributed by atoms with E-state index in [0.717, 1.165) is 12.8 Å². The SMILES string of the molecule is CCC(CC)(Oc1cc(C(C)C)c(Oc2c(F)c(F)c(S(=O)(=O)O)c(F)c2F)c(C(C)C)c1)C(C)C. The van der Waals surface area contributed by atoms with Crippen LogP contribution in [-0.4, -0.2) is 18.6 Å². The molecule has 10 heteroatoms. The Hall–Kier alpha value is -2.33. The molecule has 0 aliphatic carbocycles. The Morgan fingerprint density at radius 1 is 0.806 bits per heavy atom. The molecule has 0 aliphatic rings. The van der Waals surface area contributed by atoms with Gasteiger partial charge in [-0.15, -0.1) is 0 Å². The van der Waals surface area contributed by atoms with Gasteiger partial charge in [-0.2, -0.15) is 17.2 Å². The van der Waals surface area contributed by atoms with Gasteiger partial charge in [0.2, 0.25) is 17.4 Å². The highest BCUT2D eigenvalue weighted by Gasteiger charge is 2.35. The lowest BCUT2D eigenvalue weighted by Gasteiger charge is -2.37. The maximum atomic E-state index is 14.8. The monoisotopic (exact) mass is 534 g/mol. The van der Waals surface area contributed by atoms with Crippen LogP contribution in [0.4, 0.5) is 17.6 Å². The van der Waals surface area contributed by atoms with E-state index in [1.807, 2.05) is 13.8 Å². The van der Waals surface area contributed by atoms with E-state index in [4.69, 9.17) is 14.0 Å². The first-order chi connectivity index (χ1) is 16.5. The van der Waals surface area contributed by atoms with Gasteiger partial charge in [-0.05, 0) is 42.7 Å². The fourth-order valence-electron chi connectivity index (χ4n) is 4.25. The summed E-state index contributed by atoms with van der Waals surface area (Å²) in [7, 11) is -5.58. The predicted octanol–water partition coefficient (Wildman–Crippen LogP) is 8.12. The molecule has 0 atom stereocenters. The second-order valence-electron chi connectivity index (χ2n) is 9.76. The van der Waals surface area contributed by atoms with Gasteiger partial charge in [0.05, 0.1) is 0 Å². The molecule has 0 radical (unpaired) electrons. The number of hydrogen-bond donors (Lipinski definition) is 1. The molecule has 0 fully saturated rings. The first-order valence-corrected chi connectivity index (χ1v) is 13.3. The highest BCUT2D eigenvalue weighted by molar-refractivity contribution is 7.85. The molecular formula is C26H34F4O5S. The second kappa shape index (κ2) is 11.0. The Morgan fingerprint density at radius 2 is 1.22 bits per heavy atom. The van der Waals surface area contributed by atoms with Gasteiger partial charge in [0.15, 0.2) is 16.5 Å². The van der Waals surface area contributed by atoms with Crippen molar-refractivity contribution in [3.05, 3.63) is 46.5 Å². The molecule has 36 heavy (non-hydrogen) atoms. The van der Waals surface area contributed by atoms with Gasteiger partial charge in [0.1, 0.15) is 17.1 Å². The van der Waals surface area contributed by atoms with Crippen molar-refractivity contribution in [1.82, 2.24) is 0 Å². The van der Waals surface area contributed by atoms with Crippen molar-refractivity contribution in [3.63, 3.8) is 0 Å². The third kappa shape index (κ3) is 5.64. The van der Waals surface area contributed by atoms with Crippen LogP contribution in [0.1, 0.15) is 91.2 Å². The molecular weight excluding hydrogens is 500 g/mol. The number of ether oxygens (including phenoxy) is 2. The van der Waals surface area contributed by atoms with E-state index in [0.29, 0.717) is 16.9 Å². The minimum Gasteiger partial charge on any atom is -0.487 e. The second-order valence-corrected chi connectivity index (χ2v) is 11.1. The molecule has 2 rings (SSSR count). The van der Waals surface area contributed by atoms with Crippen LogP contribution >= 0.6 is 0 Å². The molecule has 202 valence electrons. The van der Waals surface area contributed by atoms with Crippen molar-refractivity contribution < 1.29 is 40.0 Å². The molecule has 0 spiro atoms. The zero-order valence-corrected chi connectivity index (χ0v) is 22.6. The summed E-state index contributed by atoms with van der Waals surface area (Å²) in [6.07, 6.45) is 1.48. The van der Waals surface area contributed by atoms with Crippen LogP contribution in [-0.2, 0) is 10.1 Å². The van der Waals surface area contributed by atoms with Crippen molar-refractivity contribution in [3.8, 4) is 17.2 Å². The van der Waals surface area contributed by atoms with E-state index in [1.54, 1.807) is 39.8 Å². The zero-order chi connectivity index (χ0) is 27.7. The Bertz CT molecular complexity index is 1160. The van der Waals surface area contributed by atoms with Crippen molar-refractivity contribution in [1.29, 1.82) is 0 Å². The summed E-state index contributed by atoms with van der Waals surface area (Å²) in [5.41, 5.74) is 0.486. The smallest absolute Gasteiger partial charge is 0.300 e. The standard InChI is InChI=1S/C26H34F4O5S/c1-9-26(10-2,15(7)8)35-16-11-17(13(3)4)23(18(12-16)14(5)6)34-24-19(27)21(29)25(36(31,32)33)22(30)20(24)28/h11-15H,9-10H2,1-8H3,(H,31,32,33). The van der Waals surface area contributed by atoms with Crippen LogP contribution in [0.25, 0.3) is 0 Å². The molecule has 0 saturated carbocycles. The number of hydrogen-bond acceptors (Lipinski definition) is 4. The molecule has 2 aromatic carbocycles. The fourth-order valence-corrected chi connectivity index (χ4v) is 4.89. The van der Waals surface area contributed by atoms with Gasteiger partial charge in [-0.25, -0.2) is 8.78 Å². The quantitative estimate of drug-likeness (QED) is 0.189. The summed E-state index contributed by atoms with van der Waals surface area (Å²) in [5.74, 6) is -10.0. The summed E-state index contributed by atoms with van der Waals surface area (Å²) in [6, 6.07) is 3.34. The third-order valence-corrected chi connectivity index (χ3v) is 7.45.